The molecule has 1 aliphatic rings. The summed E-state index contributed by atoms with van der Waals surface area (Å²) < 4.78 is 11.3. The first-order valence-corrected chi connectivity index (χ1v) is 10.00. The molecule has 0 saturated heterocycles. The zero-order chi connectivity index (χ0) is 18.9. The molecule has 1 fully saturated rings. The van der Waals surface area contributed by atoms with Crippen molar-refractivity contribution in [3.8, 4) is 11.5 Å². The molecule has 2 aromatic carbocycles. The van der Waals surface area contributed by atoms with E-state index in [4.69, 9.17) is 9.47 Å². The van der Waals surface area contributed by atoms with Gasteiger partial charge < -0.3 is 14.8 Å². The third kappa shape index (κ3) is 6.02. The highest BCUT2D eigenvalue weighted by Crippen LogP contribution is 2.20. The van der Waals surface area contributed by atoms with E-state index in [0.717, 1.165) is 29.9 Å². The summed E-state index contributed by atoms with van der Waals surface area (Å²) in [4.78, 5) is 12.6. The van der Waals surface area contributed by atoms with E-state index in [1.165, 1.54) is 25.7 Å². The van der Waals surface area contributed by atoms with Crippen LogP contribution in [-0.2, 0) is 6.61 Å². The Labute approximate surface area is 161 Å². The number of rotatable bonds is 7. The maximum atomic E-state index is 12.6. The molecule has 0 heterocycles. The Kier molecular flexibility index (Phi) is 7.14. The molecule has 0 aromatic heterocycles. The predicted molar refractivity (Wildman–Crippen MR) is 107 cm³/mol. The number of ether oxygens (including phenoxy) is 2. The van der Waals surface area contributed by atoms with Crippen molar-refractivity contribution in [1.82, 2.24) is 5.32 Å². The second-order valence-corrected chi connectivity index (χ2v) is 7.06. The van der Waals surface area contributed by atoms with Crippen molar-refractivity contribution in [2.24, 2.45) is 0 Å². The molecule has 0 bridgehead atoms. The Morgan fingerprint density at radius 1 is 0.963 bits per heavy atom. The van der Waals surface area contributed by atoms with Crippen molar-refractivity contribution in [2.45, 2.75) is 58.1 Å². The summed E-state index contributed by atoms with van der Waals surface area (Å²) in [7, 11) is 0. The van der Waals surface area contributed by atoms with E-state index in [2.05, 4.69) is 5.32 Å². The van der Waals surface area contributed by atoms with Crippen LogP contribution in [0.3, 0.4) is 0 Å². The molecule has 0 spiro atoms. The summed E-state index contributed by atoms with van der Waals surface area (Å²) in [5, 5.41) is 3.20. The molecule has 1 amide bonds. The van der Waals surface area contributed by atoms with Gasteiger partial charge in [-0.15, -0.1) is 0 Å². The molecule has 1 saturated carbocycles. The summed E-state index contributed by atoms with van der Waals surface area (Å²) in [6, 6.07) is 15.6. The number of hydrogen-bond donors (Lipinski definition) is 1. The lowest BCUT2D eigenvalue weighted by molar-refractivity contribution is 0.0933. The normalized spacial score (nSPS) is 15.0. The lowest BCUT2D eigenvalue weighted by Gasteiger charge is -2.16. The monoisotopic (exact) mass is 367 g/mol. The maximum absolute atomic E-state index is 12.6. The van der Waals surface area contributed by atoms with Gasteiger partial charge in [0.25, 0.3) is 5.91 Å². The zero-order valence-electron chi connectivity index (χ0n) is 16.1. The molecule has 1 N–H and O–H groups in total. The Hall–Kier alpha value is -2.49. The molecule has 3 rings (SSSR count). The highest BCUT2D eigenvalue weighted by Gasteiger charge is 2.16. The van der Waals surface area contributed by atoms with Crippen LogP contribution in [0, 0.1) is 0 Å². The fraction of sp³-hybridized carbons (Fsp3) is 0.435. The third-order valence-corrected chi connectivity index (χ3v) is 4.92. The lowest BCUT2D eigenvalue weighted by Crippen LogP contribution is -2.34. The molecule has 0 unspecified atom stereocenters. The third-order valence-electron chi connectivity index (χ3n) is 4.92. The Morgan fingerprint density at radius 3 is 2.30 bits per heavy atom. The van der Waals surface area contributed by atoms with Crippen LogP contribution < -0.4 is 14.8 Å². The molecule has 0 aliphatic heterocycles. The van der Waals surface area contributed by atoms with Gasteiger partial charge in [0.05, 0.1) is 6.61 Å². The van der Waals surface area contributed by atoms with Gasteiger partial charge in [0.2, 0.25) is 0 Å². The number of amides is 1. The minimum atomic E-state index is 0.0183. The topological polar surface area (TPSA) is 47.6 Å². The first-order valence-electron chi connectivity index (χ1n) is 10.00. The summed E-state index contributed by atoms with van der Waals surface area (Å²) in [6.07, 6.45) is 7.16. The molecule has 144 valence electrons. The fourth-order valence-corrected chi connectivity index (χ4v) is 3.46. The molecular weight excluding hydrogens is 338 g/mol. The predicted octanol–water partition coefficient (Wildman–Crippen LogP) is 5.12. The van der Waals surface area contributed by atoms with E-state index in [1.807, 2.05) is 55.5 Å². The van der Waals surface area contributed by atoms with Gasteiger partial charge >= 0.3 is 0 Å². The molecule has 4 heteroatoms. The second kappa shape index (κ2) is 10.0. The average molecular weight is 367 g/mol. The van der Waals surface area contributed by atoms with Gasteiger partial charge in [0.1, 0.15) is 18.1 Å². The van der Waals surface area contributed by atoms with Crippen LogP contribution in [0.5, 0.6) is 11.5 Å². The Bertz CT molecular complexity index is 719. The number of nitrogens with one attached hydrogen (secondary N) is 1. The van der Waals surface area contributed by atoms with Crippen LogP contribution in [0.4, 0.5) is 0 Å². The summed E-state index contributed by atoms with van der Waals surface area (Å²) >= 11 is 0. The molecule has 0 radical (unpaired) electrons. The minimum absolute atomic E-state index is 0.0183. The Morgan fingerprint density at radius 2 is 1.63 bits per heavy atom. The van der Waals surface area contributed by atoms with Gasteiger partial charge in [-0.25, -0.2) is 0 Å². The van der Waals surface area contributed by atoms with E-state index >= 15 is 0 Å². The number of hydrogen-bond acceptors (Lipinski definition) is 3. The second-order valence-electron chi connectivity index (χ2n) is 7.06. The summed E-state index contributed by atoms with van der Waals surface area (Å²) in [5.41, 5.74) is 1.68. The zero-order valence-corrected chi connectivity index (χ0v) is 16.1. The van der Waals surface area contributed by atoms with Crippen molar-refractivity contribution in [1.29, 1.82) is 0 Å². The smallest absolute Gasteiger partial charge is 0.251 e. The van der Waals surface area contributed by atoms with Crippen LogP contribution >= 0.6 is 0 Å². The van der Waals surface area contributed by atoms with Gasteiger partial charge in [-0.3, -0.25) is 4.79 Å². The molecule has 1 aliphatic carbocycles. The molecule has 27 heavy (non-hydrogen) atoms. The van der Waals surface area contributed by atoms with Gasteiger partial charge in [0.15, 0.2) is 0 Å². The van der Waals surface area contributed by atoms with Gasteiger partial charge in [0, 0.05) is 11.6 Å². The standard InChI is InChI=1S/C23H29NO3/c1-2-26-21-12-14-22(15-13-21)27-17-18-8-7-9-19(16-18)23(25)24-20-10-5-3-4-6-11-20/h7-9,12-16,20H,2-6,10-11,17H2,1H3,(H,24,25). The van der Waals surface area contributed by atoms with E-state index in [0.29, 0.717) is 24.8 Å². The molecule has 0 atom stereocenters. The van der Waals surface area contributed by atoms with Crippen LogP contribution in [0.1, 0.15) is 61.4 Å². The van der Waals surface area contributed by atoms with Crippen LogP contribution in [0.2, 0.25) is 0 Å². The highest BCUT2D eigenvalue weighted by molar-refractivity contribution is 5.94. The van der Waals surface area contributed by atoms with Gasteiger partial charge in [-0.1, -0.05) is 37.8 Å². The van der Waals surface area contributed by atoms with Crippen molar-refractivity contribution in [3.63, 3.8) is 0 Å². The Balaban J connectivity index is 1.55. The highest BCUT2D eigenvalue weighted by atomic mass is 16.5. The fourth-order valence-electron chi connectivity index (χ4n) is 3.46. The van der Waals surface area contributed by atoms with Crippen molar-refractivity contribution >= 4 is 5.91 Å². The minimum Gasteiger partial charge on any atom is -0.494 e. The van der Waals surface area contributed by atoms with Crippen LogP contribution in [-0.4, -0.2) is 18.6 Å². The average Bonchev–Trinajstić information content (AvgIpc) is 2.96. The van der Waals surface area contributed by atoms with Crippen molar-refractivity contribution in [2.75, 3.05) is 6.61 Å². The van der Waals surface area contributed by atoms with Crippen LogP contribution in [0.25, 0.3) is 0 Å². The summed E-state index contributed by atoms with van der Waals surface area (Å²) in [6.45, 7) is 3.04. The van der Waals surface area contributed by atoms with E-state index in [9.17, 15) is 4.79 Å². The van der Waals surface area contributed by atoms with E-state index in [-0.39, 0.29) is 5.91 Å². The van der Waals surface area contributed by atoms with Gasteiger partial charge in [-0.2, -0.15) is 0 Å². The van der Waals surface area contributed by atoms with E-state index in [1.54, 1.807) is 0 Å². The SMILES string of the molecule is CCOc1ccc(OCc2cccc(C(=O)NC3CCCCCC3)c2)cc1. The number of carbonyl (C=O) groups is 1. The van der Waals surface area contributed by atoms with Crippen molar-refractivity contribution < 1.29 is 14.3 Å². The van der Waals surface area contributed by atoms with Gasteiger partial charge in [-0.05, 0) is 61.7 Å². The lowest BCUT2D eigenvalue weighted by atomic mass is 10.1. The summed E-state index contributed by atoms with van der Waals surface area (Å²) in [5.74, 6) is 1.64. The first kappa shape index (κ1) is 19.3. The van der Waals surface area contributed by atoms with Crippen LogP contribution in [0.15, 0.2) is 48.5 Å². The molecule has 4 nitrogen and oxygen atoms in total. The largest absolute Gasteiger partial charge is 0.494 e. The molecular formula is C23H29NO3. The number of benzene rings is 2. The number of carbonyl (C=O) groups excluding carboxylic acids is 1. The maximum Gasteiger partial charge on any atom is 0.251 e. The molecule has 2 aromatic rings. The first-order chi connectivity index (χ1) is 13.2. The van der Waals surface area contributed by atoms with E-state index < -0.39 is 0 Å². The quantitative estimate of drug-likeness (QED) is 0.691. The van der Waals surface area contributed by atoms with Crippen molar-refractivity contribution in [3.05, 3.63) is 59.7 Å².